The van der Waals surface area contributed by atoms with Gasteiger partial charge < -0.3 is 15.6 Å². The van der Waals surface area contributed by atoms with Crippen molar-refractivity contribution >= 4 is 17.5 Å². The van der Waals surface area contributed by atoms with Gasteiger partial charge in [-0.3, -0.25) is 10.1 Å². The molecule has 122 valence electrons. The molecule has 0 bridgehead atoms. The smallest absolute Gasteiger partial charge is 0.329 e. The zero-order chi connectivity index (χ0) is 17.1. The number of nitrogens with one attached hydrogen (secondary N) is 1. The van der Waals surface area contributed by atoms with Gasteiger partial charge in [-0.25, -0.2) is 9.97 Å². The minimum Gasteiger partial charge on any atom is -0.378 e. The van der Waals surface area contributed by atoms with Crippen LogP contribution in [0.2, 0.25) is 0 Å². The minimum atomic E-state index is -0.614. The number of aromatic nitrogens is 4. The summed E-state index contributed by atoms with van der Waals surface area (Å²) in [5.41, 5.74) is 7.25. The summed E-state index contributed by atoms with van der Waals surface area (Å²) in [6, 6.07) is 7.77. The molecule has 9 heteroatoms. The molecule has 0 spiro atoms. The van der Waals surface area contributed by atoms with Gasteiger partial charge in [0.05, 0.1) is 17.3 Å². The summed E-state index contributed by atoms with van der Waals surface area (Å²) in [6.07, 6.45) is 6.38. The van der Waals surface area contributed by atoms with Gasteiger partial charge >= 0.3 is 5.69 Å². The van der Waals surface area contributed by atoms with Crippen LogP contribution in [-0.4, -0.2) is 24.4 Å². The van der Waals surface area contributed by atoms with Crippen molar-refractivity contribution in [2.75, 3.05) is 11.1 Å². The molecule has 0 aliphatic carbocycles. The van der Waals surface area contributed by atoms with Crippen molar-refractivity contribution in [2.45, 2.75) is 13.0 Å². The van der Waals surface area contributed by atoms with Crippen LogP contribution >= 0.6 is 0 Å². The molecule has 0 amide bonds. The molecule has 1 atom stereocenters. The molecular weight excluding hydrogens is 310 g/mol. The normalized spacial score (nSPS) is 11.9. The van der Waals surface area contributed by atoms with Crippen molar-refractivity contribution < 1.29 is 4.92 Å². The maximum absolute atomic E-state index is 10.7. The van der Waals surface area contributed by atoms with E-state index in [4.69, 9.17) is 5.73 Å². The van der Waals surface area contributed by atoms with E-state index in [0.717, 1.165) is 17.4 Å². The maximum Gasteiger partial charge on any atom is 0.329 e. The molecule has 0 aliphatic rings. The Morgan fingerprint density at radius 2 is 2.25 bits per heavy atom. The quantitative estimate of drug-likeness (QED) is 0.544. The first-order valence-corrected chi connectivity index (χ1v) is 7.16. The van der Waals surface area contributed by atoms with Crippen LogP contribution in [0.5, 0.6) is 0 Å². The van der Waals surface area contributed by atoms with Crippen molar-refractivity contribution in [3.05, 3.63) is 64.9 Å². The number of nitrogen functional groups attached to an aromatic ring is 1. The molecule has 2 aromatic heterocycles. The van der Waals surface area contributed by atoms with E-state index in [9.17, 15) is 10.1 Å². The second kappa shape index (κ2) is 6.32. The fourth-order valence-electron chi connectivity index (χ4n) is 2.24. The molecule has 24 heavy (non-hydrogen) atoms. The fourth-order valence-corrected chi connectivity index (χ4v) is 2.24. The molecule has 0 saturated heterocycles. The largest absolute Gasteiger partial charge is 0.378 e. The van der Waals surface area contributed by atoms with Crippen LogP contribution in [0.15, 0.2) is 49.2 Å². The van der Waals surface area contributed by atoms with Gasteiger partial charge in [0.15, 0.2) is 0 Å². The van der Waals surface area contributed by atoms with Crippen LogP contribution in [0, 0.1) is 10.1 Å². The number of imidazole rings is 1. The second-order valence-electron chi connectivity index (χ2n) is 5.15. The zero-order valence-corrected chi connectivity index (χ0v) is 12.8. The Kier molecular flexibility index (Phi) is 4.06. The Morgan fingerprint density at radius 1 is 1.42 bits per heavy atom. The average Bonchev–Trinajstić information content (AvgIpc) is 3.09. The predicted octanol–water partition coefficient (Wildman–Crippen LogP) is 2.33. The number of rotatable bonds is 5. The number of anilines is 2. The molecule has 2 heterocycles. The lowest BCUT2D eigenvalue weighted by atomic mass is 10.1. The Balaban J connectivity index is 1.80. The monoisotopic (exact) mass is 325 g/mol. The molecule has 3 aromatic rings. The third-order valence-corrected chi connectivity index (χ3v) is 3.51. The van der Waals surface area contributed by atoms with Gasteiger partial charge in [-0.1, -0.05) is 12.1 Å². The first-order chi connectivity index (χ1) is 11.5. The Morgan fingerprint density at radius 3 is 2.92 bits per heavy atom. The topological polar surface area (TPSA) is 125 Å². The van der Waals surface area contributed by atoms with E-state index < -0.39 is 4.92 Å². The van der Waals surface area contributed by atoms with Gasteiger partial charge in [0.2, 0.25) is 11.8 Å². The average molecular weight is 325 g/mol. The Hall–Kier alpha value is -3.49. The number of benzene rings is 1. The van der Waals surface area contributed by atoms with E-state index >= 15 is 0 Å². The van der Waals surface area contributed by atoms with Crippen LogP contribution < -0.4 is 11.1 Å². The molecule has 0 fully saturated rings. The number of nitrogens with two attached hydrogens (primary N) is 1. The molecule has 0 radical (unpaired) electrons. The number of hydrogen-bond donors (Lipinski definition) is 2. The molecular formula is C15H15N7O2. The van der Waals surface area contributed by atoms with Crippen molar-refractivity contribution in [3.63, 3.8) is 0 Å². The lowest BCUT2D eigenvalue weighted by Crippen LogP contribution is -2.11. The van der Waals surface area contributed by atoms with Crippen LogP contribution in [0.1, 0.15) is 18.5 Å². The molecule has 3 rings (SSSR count). The van der Waals surface area contributed by atoms with Crippen LogP contribution in [0.4, 0.5) is 17.5 Å². The van der Waals surface area contributed by atoms with Gasteiger partial charge in [0.1, 0.15) is 6.20 Å². The summed E-state index contributed by atoms with van der Waals surface area (Å²) >= 11 is 0. The number of nitro groups is 1. The van der Waals surface area contributed by atoms with Crippen LogP contribution in [0.3, 0.4) is 0 Å². The van der Waals surface area contributed by atoms with Gasteiger partial charge in [0.25, 0.3) is 0 Å². The van der Waals surface area contributed by atoms with Gasteiger partial charge in [-0.15, -0.1) is 0 Å². The second-order valence-corrected chi connectivity index (χ2v) is 5.15. The van der Waals surface area contributed by atoms with Gasteiger partial charge in [-0.2, -0.15) is 4.98 Å². The SMILES string of the molecule is C[C@H](Nc1ncc([N+](=O)[O-])c(N)n1)c1cccc(-n2ccnc2)c1. The molecule has 3 N–H and O–H groups in total. The lowest BCUT2D eigenvalue weighted by Gasteiger charge is -2.15. The van der Waals surface area contributed by atoms with E-state index in [0.29, 0.717) is 0 Å². The highest BCUT2D eigenvalue weighted by molar-refractivity contribution is 5.53. The summed E-state index contributed by atoms with van der Waals surface area (Å²) < 4.78 is 1.90. The number of hydrogen-bond acceptors (Lipinski definition) is 7. The van der Waals surface area contributed by atoms with E-state index in [-0.39, 0.29) is 23.5 Å². The zero-order valence-electron chi connectivity index (χ0n) is 12.8. The van der Waals surface area contributed by atoms with Crippen molar-refractivity contribution in [2.24, 2.45) is 0 Å². The molecule has 1 aromatic carbocycles. The van der Waals surface area contributed by atoms with E-state index in [1.807, 2.05) is 42.0 Å². The first-order valence-electron chi connectivity index (χ1n) is 7.16. The highest BCUT2D eigenvalue weighted by atomic mass is 16.6. The maximum atomic E-state index is 10.7. The first kappa shape index (κ1) is 15.4. The van der Waals surface area contributed by atoms with Gasteiger partial charge in [0, 0.05) is 18.1 Å². The standard InChI is InChI=1S/C15H15N7O2/c1-10(19-15-18-8-13(22(23)24)14(16)20-15)11-3-2-4-12(7-11)21-6-5-17-9-21/h2-10H,1H3,(H3,16,18,19,20)/t10-/m0/s1. The van der Waals surface area contributed by atoms with Gasteiger partial charge in [-0.05, 0) is 24.6 Å². The molecule has 0 unspecified atom stereocenters. The van der Waals surface area contributed by atoms with Crippen molar-refractivity contribution in [3.8, 4) is 5.69 Å². The lowest BCUT2D eigenvalue weighted by molar-refractivity contribution is -0.384. The van der Waals surface area contributed by atoms with Crippen LogP contribution in [-0.2, 0) is 0 Å². The minimum absolute atomic E-state index is 0.116. The molecule has 0 saturated carbocycles. The van der Waals surface area contributed by atoms with Crippen molar-refractivity contribution in [1.82, 2.24) is 19.5 Å². The Labute approximate surface area is 137 Å². The highest BCUT2D eigenvalue weighted by Crippen LogP contribution is 2.22. The summed E-state index contributed by atoms with van der Waals surface area (Å²) in [6.45, 7) is 1.94. The van der Waals surface area contributed by atoms with Crippen LogP contribution in [0.25, 0.3) is 5.69 Å². The highest BCUT2D eigenvalue weighted by Gasteiger charge is 2.15. The van der Waals surface area contributed by atoms with E-state index in [1.165, 1.54) is 0 Å². The summed E-state index contributed by atoms with van der Waals surface area (Å²) in [5.74, 6) is 0.0653. The molecule has 9 nitrogen and oxygen atoms in total. The fraction of sp³-hybridized carbons (Fsp3) is 0.133. The third-order valence-electron chi connectivity index (χ3n) is 3.51. The third kappa shape index (κ3) is 3.14. The summed E-state index contributed by atoms with van der Waals surface area (Å²) in [5, 5.41) is 13.8. The number of nitrogens with zero attached hydrogens (tertiary/aromatic N) is 5. The summed E-state index contributed by atoms with van der Waals surface area (Å²) in [7, 11) is 0. The van der Waals surface area contributed by atoms with E-state index in [1.54, 1.807) is 12.5 Å². The van der Waals surface area contributed by atoms with Crippen molar-refractivity contribution in [1.29, 1.82) is 0 Å². The summed E-state index contributed by atoms with van der Waals surface area (Å²) in [4.78, 5) is 22.0. The predicted molar refractivity (Wildman–Crippen MR) is 88.7 cm³/mol. The Bertz CT molecular complexity index is 864. The molecule has 0 aliphatic heterocycles. The van der Waals surface area contributed by atoms with E-state index in [2.05, 4.69) is 20.3 Å².